The second kappa shape index (κ2) is 5.68. The van der Waals surface area contributed by atoms with Gasteiger partial charge in [0.1, 0.15) is 0 Å². The minimum atomic E-state index is 0.100. The Labute approximate surface area is 120 Å². The van der Waals surface area contributed by atoms with E-state index in [0.717, 1.165) is 11.3 Å². The molecule has 104 valence electrons. The second-order valence-electron chi connectivity index (χ2n) is 5.54. The van der Waals surface area contributed by atoms with Gasteiger partial charge in [-0.05, 0) is 66.6 Å². The number of rotatable bonds is 3. The fourth-order valence-electron chi connectivity index (χ4n) is 2.90. The molecule has 2 heteroatoms. The van der Waals surface area contributed by atoms with E-state index in [4.69, 9.17) is 5.11 Å². The maximum atomic E-state index is 9.10. The zero-order chi connectivity index (χ0) is 13.9. The minimum Gasteiger partial charge on any atom is -0.392 e. The maximum absolute atomic E-state index is 9.10. The van der Waals surface area contributed by atoms with Crippen molar-refractivity contribution >= 4 is 11.4 Å². The fraction of sp³-hybridized carbons (Fsp3) is 0.333. The third-order valence-electron chi connectivity index (χ3n) is 4.23. The first-order valence-electron chi connectivity index (χ1n) is 7.33. The molecule has 0 amide bonds. The number of hydrogen-bond donors (Lipinski definition) is 1. The van der Waals surface area contributed by atoms with Crippen molar-refractivity contribution in [3.63, 3.8) is 0 Å². The second-order valence-corrected chi connectivity index (χ2v) is 5.54. The van der Waals surface area contributed by atoms with Crippen molar-refractivity contribution in [1.82, 2.24) is 0 Å². The zero-order valence-electron chi connectivity index (χ0n) is 12.0. The smallest absolute Gasteiger partial charge is 0.0681 e. The lowest BCUT2D eigenvalue weighted by molar-refractivity contribution is 0.282. The Morgan fingerprint density at radius 3 is 2.25 bits per heavy atom. The molecule has 0 spiro atoms. The van der Waals surface area contributed by atoms with Gasteiger partial charge in [0.2, 0.25) is 0 Å². The molecule has 0 atom stereocenters. The lowest BCUT2D eigenvalue weighted by atomic mass is 9.91. The molecular weight excluding hydrogens is 246 g/mol. The molecule has 0 unspecified atom stereocenters. The molecule has 20 heavy (non-hydrogen) atoms. The highest BCUT2D eigenvalue weighted by Crippen LogP contribution is 2.29. The van der Waals surface area contributed by atoms with Gasteiger partial charge in [0, 0.05) is 18.4 Å². The van der Waals surface area contributed by atoms with E-state index in [1.165, 1.54) is 42.5 Å². The lowest BCUT2D eigenvalue weighted by Crippen LogP contribution is -2.11. The molecular formula is C18H21NO. The molecule has 1 aliphatic rings. The Morgan fingerprint density at radius 1 is 0.900 bits per heavy atom. The van der Waals surface area contributed by atoms with E-state index < -0.39 is 0 Å². The molecule has 0 bridgehead atoms. The van der Waals surface area contributed by atoms with Gasteiger partial charge in [-0.25, -0.2) is 0 Å². The Bertz CT molecular complexity index is 589. The summed E-state index contributed by atoms with van der Waals surface area (Å²) in [5.41, 5.74) is 6.37. The van der Waals surface area contributed by atoms with Gasteiger partial charge < -0.3 is 10.0 Å². The van der Waals surface area contributed by atoms with E-state index in [1.54, 1.807) is 0 Å². The summed E-state index contributed by atoms with van der Waals surface area (Å²) in [6, 6.07) is 14.9. The van der Waals surface area contributed by atoms with E-state index in [9.17, 15) is 0 Å². The molecule has 2 aromatic carbocycles. The molecule has 0 heterocycles. The molecule has 0 saturated heterocycles. The quantitative estimate of drug-likeness (QED) is 0.913. The van der Waals surface area contributed by atoms with Crippen LogP contribution >= 0.6 is 0 Å². The van der Waals surface area contributed by atoms with Crippen molar-refractivity contribution in [2.75, 3.05) is 11.9 Å². The van der Waals surface area contributed by atoms with E-state index >= 15 is 0 Å². The molecule has 2 nitrogen and oxygen atoms in total. The van der Waals surface area contributed by atoms with Crippen LogP contribution < -0.4 is 4.90 Å². The van der Waals surface area contributed by atoms with Crippen molar-refractivity contribution in [1.29, 1.82) is 0 Å². The van der Waals surface area contributed by atoms with Crippen molar-refractivity contribution in [2.24, 2.45) is 0 Å². The molecule has 0 aromatic heterocycles. The summed E-state index contributed by atoms with van der Waals surface area (Å²) < 4.78 is 0. The first-order valence-corrected chi connectivity index (χ1v) is 7.33. The van der Waals surface area contributed by atoms with Gasteiger partial charge in [-0.1, -0.05) is 18.2 Å². The van der Waals surface area contributed by atoms with Crippen LogP contribution in [0.4, 0.5) is 11.4 Å². The number of aliphatic hydroxyl groups excluding tert-OH is 1. The summed E-state index contributed by atoms with van der Waals surface area (Å²) in [5.74, 6) is 0. The van der Waals surface area contributed by atoms with Crippen molar-refractivity contribution in [3.8, 4) is 0 Å². The highest BCUT2D eigenvalue weighted by atomic mass is 16.3. The third kappa shape index (κ3) is 2.56. The van der Waals surface area contributed by atoms with Gasteiger partial charge in [-0.2, -0.15) is 0 Å². The van der Waals surface area contributed by atoms with Crippen LogP contribution in [0.3, 0.4) is 0 Å². The Morgan fingerprint density at radius 2 is 1.55 bits per heavy atom. The molecule has 0 aliphatic heterocycles. The SMILES string of the molecule is CN(c1ccc(CO)cc1)c1ccc2c(c1)CCCC2. The number of hydrogen-bond acceptors (Lipinski definition) is 2. The summed E-state index contributed by atoms with van der Waals surface area (Å²) in [6.07, 6.45) is 5.07. The van der Waals surface area contributed by atoms with Crippen LogP contribution in [0.25, 0.3) is 0 Å². The lowest BCUT2D eigenvalue weighted by Gasteiger charge is -2.23. The van der Waals surface area contributed by atoms with Crippen LogP contribution in [-0.4, -0.2) is 12.2 Å². The molecule has 0 fully saturated rings. The standard InChI is InChI=1S/C18H21NO/c1-19(17-9-6-14(13-20)7-10-17)18-11-8-15-4-2-3-5-16(15)12-18/h6-12,20H,2-5,13H2,1H3. The Hall–Kier alpha value is -1.80. The number of aryl methyl sites for hydroxylation is 2. The molecule has 2 aromatic rings. The number of anilines is 2. The fourth-order valence-corrected chi connectivity index (χ4v) is 2.90. The number of fused-ring (bicyclic) bond motifs is 1. The molecule has 0 saturated carbocycles. The van der Waals surface area contributed by atoms with Crippen LogP contribution in [0.1, 0.15) is 29.5 Å². The largest absolute Gasteiger partial charge is 0.392 e. The van der Waals surface area contributed by atoms with Crippen molar-refractivity contribution in [3.05, 3.63) is 59.2 Å². The van der Waals surface area contributed by atoms with Gasteiger partial charge >= 0.3 is 0 Å². The average molecular weight is 267 g/mol. The topological polar surface area (TPSA) is 23.5 Å². The van der Waals surface area contributed by atoms with Crippen LogP contribution in [0.15, 0.2) is 42.5 Å². The maximum Gasteiger partial charge on any atom is 0.0681 e. The predicted octanol–water partition coefficient (Wildman–Crippen LogP) is 3.83. The van der Waals surface area contributed by atoms with Gasteiger partial charge in [0.25, 0.3) is 0 Å². The third-order valence-corrected chi connectivity index (χ3v) is 4.23. The number of aliphatic hydroxyl groups is 1. The predicted molar refractivity (Wildman–Crippen MR) is 83.5 cm³/mol. The Kier molecular flexibility index (Phi) is 3.75. The number of nitrogens with zero attached hydrogens (tertiary/aromatic N) is 1. The highest BCUT2D eigenvalue weighted by Gasteiger charge is 2.11. The van der Waals surface area contributed by atoms with Gasteiger partial charge in [0.15, 0.2) is 0 Å². The number of benzene rings is 2. The van der Waals surface area contributed by atoms with Crippen LogP contribution in [-0.2, 0) is 19.4 Å². The normalized spacial score (nSPS) is 13.9. The van der Waals surface area contributed by atoms with Gasteiger partial charge in [-0.3, -0.25) is 0 Å². The first kappa shape index (κ1) is 13.2. The van der Waals surface area contributed by atoms with E-state index in [-0.39, 0.29) is 6.61 Å². The van der Waals surface area contributed by atoms with Crippen LogP contribution in [0, 0.1) is 0 Å². The van der Waals surface area contributed by atoms with Crippen molar-refractivity contribution < 1.29 is 5.11 Å². The minimum absolute atomic E-state index is 0.100. The average Bonchev–Trinajstić information content (AvgIpc) is 2.54. The van der Waals surface area contributed by atoms with Crippen LogP contribution in [0.5, 0.6) is 0 Å². The summed E-state index contributed by atoms with van der Waals surface area (Å²) in [6.45, 7) is 0.100. The summed E-state index contributed by atoms with van der Waals surface area (Å²) >= 11 is 0. The molecule has 1 aliphatic carbocycles. The van der Waals surface area contributed by atoms with Gasteiger partial charge in [0.05, 0.1) is 6.61 Å². The molecule has 3 rings (SSSR count). The van der Waals surface area contributed by atoms with Crippen molar-refractivity contribution in [2.45, 2.75) is 32.3 Å². The molecule has 0 radical (unpaired) electrons. The zero-order valence-corrected chi connectivity index (χ0v) is 12.0. The summed E-state index contributed by atoms with van der Waals surface area (Å²) in [7, 11) is 2.10. The summed E-state index contributed by atoms with van der Waals surface area (Å²) in [5, 5.41) is 9.10. The van der Waals surface area contributed by atoms with Crippen LogP contribution in [0.2, 0.25) is 0 Å². The van der Waals surface area contributed by atoms with E-state index in [2.05, 4.69) is 42.3 Å². The molecule has 1 N–H and O–H groups in total. The van der Waals surface area contributed by atoms with E-state index in [0.29, 0.717) is 0 Å². The first-order chi connectivity index (χ1) is 9.78. The van der Waals surface area contributed by atoms with E-state index in [1.807, 2.05) is 12.1 Å². The monoisotopic (exact) mass is 267 g/mol. The Balaban J connectivity index is 1.87. The highest BCUT2D eigenvalue weighted by molar-refractivity contribution is 5.64. The summed E-state index contributed by atoms with van der Waals surface area (Å²) in [4.78, 5) is 2.20. The van der Waals surface area contributed by atoms with Gasteiger partial charge in [-0.15, -0.1) is 0 Å².